The standard InChI is InChI=1S/C24H27F2N7O4/c1-24(36)7-3-4-17(24)33-20-14(10-16(21(33)35)37-22(25)26)11-28-23(30-20)29-18-6-5-15(12-27-18)32-9-8-31(2)13-19(32)34/h5-6,10-12,17,22,36H,3-4,7-9,13H2,1-2H3,(H,27,28,29,30)/t17-,24-/m1/s1. The number of hydrogen-bond donors (Lipinski definition) is 2. The first kappa shape index (κ1) is 25.0. The number of ether oxygens (including phenoxy) is 1. The van der Waals surface area contributed by atoms with E-state index in [2.05, 4.69) is 25.0 Å². The summed E-state index contributed by atoms with van der Waals surface area (Å²) in [6, 6.07) is 3.95. The van der Waals surface area contributed by atoms with Crippen LogP contribution in [0.3, 0.4) is 0 Å². The zero-order chi connectivity index (χ0) is 26.3. The number of nitrogens with zero attached hydrogens (tertiary/aromatic N) is 6. The first-order valence-electron chi connectivity index (χ1n) is 11.9. The second kappa shape index (κ2) is 9.63. The van der Waals surface area contributed by atoms with Gasteiger partial charge in [0, 0.05) is 24.7 Å². The van der Waals surface area contributed by atoms with E-state index in [1.165, 1.54) is 16.8 Å². The van der Waals surface area contributed by atoms with Crippen LogP contribution in [0.5, 0.6) is 5.75 Å². The van der Waals surface area contributed by atoms with Crippen molar-refractivity contribution >= 4 is 34.4 Å². The van der Waals surface area contributed by atoms with Crippen LogP contribution in [-0.4, -0.2) is 74.3 Å². The van der Waals surface area contributed by atoms with Crippen LogP contribution in [-0.2, 0) is 4.79 Å². The largest absolute Gasteiger partial charge is 0.429 e. The molecule has 2 aliphatic rings. The van der Waals surface area contributed by atoms with Crippen LogP contribution in [0, 0.1) is 0 Å². The third-order valence-electron chi connectivity index (χ3n) is 6.86. The SMILES string of the molecule is CN1CCN(c2ccc(Nc3ncc4cc(OC(F)F)c(=O)n([C@@H]5CCC[C@@]5(C)O)c4n3)nc2)C(=O)C1. The molecule has 1 aliphatic carbocycles. The number of fused-ring (bicyclic) bond motifs is 1. The number of likely N-dealkylation sites (N-methyl/N-ethyl adjacent to an activating group) is 1. The highest BCUT2D eigenvalue weighted by Gasteiger charge is 2.40. The van der Waals surface area contributed by atoms with Gasteiger partial charge in [0.25, 0.3) is 5.56 Å². The fourth-order valence-electron chi connectivity index (χ4n) is 4.96. The fraction of sp³-hybridized carbons (Fsp3) is 0.458. The molecule has 13 heteroatoms. The van der Waals surface area contributed by atoms with Gasteiger partial charge in [0.2, 0.25) is 11.9 Å². The monoisotopic (exact) mass is 515 g/mol. The zero-order valence-corrected chi connectivity index (χ0v) is 20.4. The lowest BCUT2D eigenvalue weighted by Crippen LogP contribution is -2.48. The maximum absolute atomic E-state index is 13.2. The summed E-state index contributed by atoms with van der Waals surface area (Å²) in [4.78, 5) is 42.2. The van der Waals surface area contributed by atoms with Crippen molar-refractivity contribution in [3.63, 3.8) is 0 Å². The molecule has 3 aromatic heterocycles. The van der Waals surface area contributed by atoms with Crippen LogP contribution >= 0.6 is 0 Å². The lowest BCUT2D eigenvalue weighted by atomic mass is 10.00. The number of aliphatic hydroxyl groups is 1. The first-order valence-corrected chi connectivity index (χ1v) is 11.9. The maximum Gasteiger partial charge on any atom is 0.387 e. The number of anilines is 3. The van der Waals surface area contributed by atoms with E-state index in [1.54, 1.807) is 30.2 Å². The van der Waals surface area contributed by atoms with Gasteiger partial charge in [-0.15, -0.1) is 0 Å². The van der Waals surface area contributed by atoms with Crippen molar-refractivity contribution < 1.29 is 23.4 Å². The molecule has 11 nitrogen and oxygen atoms in total. The van der Waals surface area contributed by atoms with Crippen LogP contribution in [0.1, 0.15) is 32.2 Å². The van der Waals surface area contributed by atoms with Gasteiger partial charge in [-0.05, 0) is 51.4 Å². The summed E-state index contributed by atoms with van der Waals surface area (Å²) in [7, 11) is 1.89. The molecule has 0 unspecified atom stereocenters. The molecule has 1 aliphatic heterocycles. The van der Waals surface area contributed by atoms with Crippen molar-refractivity contribution in [2.24, 2.45) is 0 Å². The fourth-order valence-corrected chi connectivity index (χ4v) is 4.96. The smallest absolute Gasteiger partial charge is 0.387 e. The minimum Gasteiger partial charge on any atom is -0.429 e. The Kier molecular flexibility index (Phi) is 6.50. The van der Waals surface area contributed by atoms with E-state index in [-0.39, 0.29) is 17.5 Å². The minimum absolute atomic E-state index is 0.00919. The van der Waals surface area contributed by atoms with E-state index in [0.717, 1.165) is 6.54 Å². The molecule has 37 heavy (non-hydrogen) atoms. The summed E-state index contributed by atoms with van der Waals surface area (Å²) in [5, 5.41) is 14.2. The third kappa shape index (κ3) is 4.96. The Morgan fingerprint density at radius 3 is 2.68 bits per heavy atom. The first-order chi connectivity index (χ1) is 17.6. The number of rotatable bonds is 6. The average molecular weight is 516 g/mol. The molecule has 1 saturated heterocycles. The number of hydrogen-bond acceptors (Lipinski definition) is 9. The van der Waals surface area contributed by atoms with E-state index in [4.69, 9.17) is 0 Å². The van der Waals surface area contributed by atoms with Gasteiger partial charge in [0.15, 0.2) is 5.75 Å². The van der Waals surface area contributed by atoms with Crippen molar-refractivity contribution in [2.75, 3.05) is 36.9 Å². The predicted molar refractivity (Wildman–Crippen MR) is 131 cm³/mol. The van der Waals surface area contributed by atoms with Gasteiger partial charge in [-0.3, -0.25) is 19.1 Å². The number of carbonyl (C=O) groups excluding carboxylic acids is 1. The Morgan fingerprint density at radius 2 is 2.03 bits per heavy atom. The van der Waals surface area contributed by atoms with Crippen molar-refractivity contribution in [3.05, 3.63) is 40.9 Å². The lowest BCUT2D eigenvalue weighted by molar-refractivity contribution is -0.120. The molecule has 2 fully saturated rings. The Labute approximate surface area is 210 Å². The highest BCUT2D eigenvalue weighted by Crippen LogP contribution is 2.40. The predicted octanol–water partition coefficient (Wildman–Crippen LogP) is 2.29. The second-order valence-corrected chi connectivity index (χ2v) is 9.61. The Morgan fingerprint density at radius 1 is 1.22 bits per heavy atom. The molecule has 2 atom stereocenters. The highest BCUT2D eigenvalue weighted by molar-refractivity contribution is 5.95. The maximum atomic E-state index is 13.2. The number of amides is 1. The van der Waals surface area contributed by atoms with E-state index in [1.807, 2.05) is 11.9 Å². The number of halogens is 2. The summed E-state index contributed by atoms with van der Waals surface area (Å²) >= 11 is 0. The summed E-state index contributed by atoms with van der Waals surface area (Å²) in [5.41, 5.74) is -1.18. The lowest BCUT2D eigenvalue weighted by Gasteiger charge is -2.31. The van der Waals surface area contributed by atoms with Crippen LogP contribution in [0.25, 0.3) is 11.0 Å². The van der Waals surface area contributed by atoms with Crippen molar-refractivity contribution in [2.45, 2.75) is 44.4 Å². The zero-order valence-electron chi connectivity index (χ0n) is 20.4. The van der Waals surface area contributed by atoms with Gasteiger partial charge in [0.05, 0.1) is 30.1 Å². The van der Waals surface area contributed by atoms with Gasteiger partial charge in [-0.1, -0.05) is 0 Å². The molecule has 3 aromatic rings. The number of pyridine rings is 2. The molecule has 2 N–H and O–H groups in total. The molecule has 1 amide bonds. The number of alkyl halides is 2. The molecule has 0 aromatic carbocycles. The number of nitrogens with one attached hydrogen (secondary N) is 1. The molecule has 5 rings (SSSR count). The third-order valence-corrected chi connectivity index (χ3v) is 6.86. The summed E-state index contributed by atoms with van der Waals surface area (Å²) < 4.78 is 31.6. The minimum atomic E-state index is -3.18. The molecular weight excluding hydrogens is 488 g/mol. The Balaban J connectivity index is 1.47. The topological polar surface area (TPSA) is 126 Å². The highest BCUT2D eigenvalue weighted by atomic mass is 19.3. The Bertz CT molecular complexity index is 1380. The van der Waals surface area contributed by atoms with Gasteiger partial charge in [-0.2, -0.15) is 13.8 Å². The molecule has 0 spiro atoms. The van der Waals surface area contributed by atoms with Crippen molar-refractivity contribution in [1.82, 2.24) is 24.4 Å². The van der Waals surface area contributed by atoms with Crippen LogP contribution in [0.15, 0.2) is 35.4 Å². The molecule has 0 bridgehead atoms. The van der Waals surface area contributed by atoms with E-state index in [0.29, 0.717) is 49.2 Å². The van der Waals surface area contributed by atoms with E-state index < -0.39 is 29.6 Å². The van der Waals surface area contributed by atoms with Gasteiger partial charge < -0.3 is 20.1 Å². The second-order valence-electron chi connectivity index (χ2n) is 9.61. The van der Waals surface area contributed by atoms with E-state index >= 15 is 0 Å². The number of aromatic nitrogens is 4. The van der Waals surface area contributed by atoms with Gasteiger partial charge in [-0.25, -0.2) is 9.97 Å². The summed E-state index contributed by atoms with van der Waals surface area (Å²) in [6.07, 6.45) is 4.55. The molecule has 4 heterocycles. The molecule has 196 valence electrons. The normalized spacial score (nSPS) is 22.7. The average Bonchev–Trinajstić information content (AvgIpc) is 3.19. The van der Waals surface area contributed by atoms with E-state index in [9.17, 15) is 23.5 Å². The van der Waals surface area contributed by atoms with Crippen LogP contribution in [0.2, 0.25) is 0 Å². The Hall–Kier alpha value is -3.71. The molecule has 1 saturated carbocycles. The summed E-state index contributed by atoms with van der Waals surface area (Å²) in [6.45, 7) is 0.0957. The number of carbonyl (C=O) groups is 1. The number of piperazine rings is 1. The quantitative estimate of drug-likeness (QED) is 0.509. The molecule has 0 radical (unpaired) electrons. The molecular formula is C24H27F2N7O4. The van der Waals surface area contributed by atoms with Gasteiger partial charge in [0.1, 0.15) is 11.5 Å². The van der Waals surface area contributed by atoms with Crippen LogP contribution in [0.4, 0.5) is 26.2 Å². The van der Waals surface area contributed by atoms with Crippen molar-refractivity contribution in [3.8, 4) is 5.75 Å². The van der Waals surface area contributed by atoms with Crippen molar-refractivity contribution in [1.29, 1.82) is 0 Å². The van der Waals surface area contributed by atoms with Crippen LogP contribution < -0.4 is 20.5 Å². The van der Waals surface area contributed by atoms with Gasteiger partial charge >= 0.3 is 6.61 Å². The summed E-state index contributed by atoms with van der Waals surface area (Å²) in [5.74, 6) is -0.0175.